The van der Waals surface area contributed by atoms with E-state index in [0.717, 1.165) is 11.4 Å². The van der Waals surface area contributed by atoms with Crippen molar-refractivity contribution >= 4 is 104 Å². The Kier molecular flexibility index (Phi) is 8.45. The normalized spacial score (nSPS) is 12.1. The second-order valence-corrected chi connectivity index (χ2v) is 21.6. The van der Waals surface area contributed by atoms with E-state index in [9.17, 15) is 0 Å². The lowest BCUT2D eigenvalue weighted by atomic mass is 10.00. The average Bonchev–Trinajstić information content (AvgIpc) is 4.04. The third kappa shape index (κ3) is 5.37. The van der Waals surface area contributed by atoms with Gasteiger partial charge in [-0.1, -0.05) is 206 Å². The predicted molar refractivity (Wildman–Crippen MR) is 277 cm³/mol. The van der Waals surface area contributed by atoms with E-state index in [2.05, 4.69) is 252 Å². The topological polar surface area (TPSA) is 9.86 Å². The summed E-state index contributed by atoms with van der Waals surface area (Å²) in [5, 5.41) is 13.0. The Morgan fingerprint density at radius 1 is 0.297 bits per heavy atom. The van der Waals surface area contributed by atoms with Crippen LogP contribution in [0.4, 0.5) is 0 Å². The molecule has 3 aromatic heterocycles. The van der Waals surface area contributed by atoms with Crippen molar-refractivity contribution in [3.63, 3.8) is 0 Å². The van der Waals surface area contributed by atoms with Gasteiger partial charge in [0.15, 0.2) is 8.07 Å². The number of fused-ring (bicyclic) bond motifs is 9. The van der Waals surface area contributed by atoms with Crippen molar-refractivity contribution in [2.75, 3.05) is 0 Å². The molecule has 0 aliphatic heterocycles. The highest BCUT2D eigenvalue weighted by Crippen LogP contribution is 2.45. The van der Waals surface area contributed by atoms with E-state index in [1.807, 2.05) is 11.3 Å². The van der Waals surface area contributed by atoms with Crippen molar-refractivity contribution in [3.8, 4) is 22.5 Å². The molecule has 64 heavy (non-hydrogen) atoms. The van der Waals surface area contributed by atoms with E-state index >= 15 is 0 Å². The summed E-state index contributed by atoms with van der Waals surface area (Å²) < 4.78 is 7.70. The quantitative estimate of drug-likeness (QED) is 0.112. The molecule has 0 unspecified atom stereocenters. The number of rotatable bonds is 7. The predicted octanol–water partition coefficient (Wildman–Crippen LogP) is 13.3. The molecule has 0 saturated heterocycles. The molecule has 0 atom stereocenters. The van der Waals surface area contributed by atoms with Gasteiger partial charge in [0.05, 0.1) is 27.8 Å². The highest BCUT2D eigenvalue weighted by molar-refractivity contribution is 7.26. The third-order valence-corrected chi connectivity index (χ3v) is 19.5. The zero-order valence-corrected chi connectivity index (χ0v) is 36.7. The van der Waals surface area contributed by atoms with Gasteiger partial charge in [0, 0.05) is 58.5 Å². The summed E-state index contributed by atoms with van der Waals surface area (Å²) in [6.45, 7) is 0. The molecule has 0 N–H and O–H groups in total. The fourth-order valence-corrected chi connectivity index (χ4v) is 16.8. The molecule has 0 bridgehead atoms. The minimum atomic E-state index is -2.71. The van der Waals surface area contributed by atoms with E-state index < -0.39 is 8.07 Å². The zero-order valence-electron chi connectivity index (χ0n) is 34.9. The van der Waals surface area contributed by atoms with Gasteiger partial charge in [0.2, 0.25) is 0 Å². The maximum absolute atomic E-state index is 2.71. The van der Waals surface area contributed by atoms with Gasteiger partial charge in [0.1, 0.15) is 0 Å². The van der Waals surface area contributed by atoms with Crippen molar-refractivity contribution in [1.29, 1.82) is 0 Å². The summed E-state index contributed by atoms with van der Waals surface area (Å²) in [4.78, 5) is 0. The van der Waals surface area contributed by atoms with Crippen LogP contribution < -0.4 is 20.7 Å². The number of nitrogens with zero attached hydrogens (tertiary/aromatic N) is 2. The van der Waals surface area contributed by atoms with Crippen molar-refractivity contribution < 1.29 is 0 Å². The summed E-state index contributed by atoms with van der Waals surface area (Å²) >= 11 is 1.89. The molecule has 0 radical (unpaired) electrons. The van der Waals surface area contributed by atoms with Gasteiger partial charge in [-0.25, -0.2) is 0 Å². The Morgan fingerprint density at radius 3 is 1.38 bits per heavy atom. The Bertz CT molecular complexity index is 3790. The lowest BCUT2D eigenvalue weighted by Crippen LogP contribution is -2.74. The van der Waals surface area contributed by atoms with E-state index in [-0.39, 0.29) is 0 Å². The van der Waals surface area contributed by atoms with Crippen molar-refractivity contribution in [2.24, 2.45) is 0 Å². The molecule has 13 aromatic rings. The fourth-order valence-electron chi connectivity index (χ4n) is 10.8. The average molecular weight is 849 g/mol. The van der Waals surface area contributed by atoms with Crippen LogP contribution in [0.3, 0.4) is 0 Å². The molecular weight excluding hydrogens is 809 g/mol. The van der Waals surface area contributed by atoms with Crippen molar-refractivity contribution in [2.45, 2.75) is 0 Å². The first-order valence-electron chi connectivity index (χ1n) is 22.0. The molecule has 0 aliphatic carbocycles. The lowest BCUT2D eigenvalue weighted by Gasteiger charge is -2.34. The highest BCUT2D eigenvalue weighted by Gasteiger charge is 2.41. The maximum Gasteiger partial charge on any atom is 0.179 e. The molecule has 4 heteroatoms. The highest BCUT2D eigenvalue weighted by atomic mass is 32.1. The Balaban J connectivity index is 1.09. The van der Waals surface area contributed by atoms with Gasteiger partial charge >= 0.3 is 0 Å². The molecule has 0 aliphatic rings. The number of para-hydroxylation sites is 4. The van der Waals surface area contributed by atoms with Crippen LogP contribution in [-0.4, -0.2) is 17.2 Å². The smallest absolute Gasteiger partial charge is 0.179 e. The Labute approximate surface area is 376 Å². The van der Waals surface area contributed by atoms with Crippen LogP contribution >= 0.6 is 11.3 Å². The first-order valence-corrected chi connectivity index (χ1v) is 24.8. The van der Waals surface area contributed by atoms with Gasteiger partial charge in [-0.2, -0.15) is 0 Å². The standard InChI is InChI=1S/C60H40N2SSi/c1-4-19-42(20-5-1)64(43-21-6-2-7-22-43,44-23-8-3-9-24-44)45-39-37-41(38-40-45)61-54-33-13-10-26-47(54)50-30-18-35-56(59(50)61)62-55-34-14-11-25-46(55)49-28-16-29-51(58(49)62)53-32-17-31-52-48-27-12-15-36-57(48)63-60(52)53/h1-40H. The van der Waals surface area contributed by atoms with Gasteiger partial charge in [-0.15, -0.1) is 11.3 Å². The van der Waals surface area contributed by atoms with E-state index in [1.54, 1.807) is 0 Å². The first-order chi connectivity index (χ1) is 31.8. The van der Waals surface area contributed by atoms with Crippen LogP contribution in [-0.2, 0) is 0 Å². The summed E-state index contributed by atoms with van der Waals surface area (Å²) in [7, 11) is -2.71. The van der Waals surface area contributed by atoms with Crippen molar-refractivity contribution in [1.82, 2.24) is 9.13 Å². The van der Waals surface area contributed by atoms with Crippen molar-refractivity contribution in [3.05, 3.63) is 243 Å². The zero-order chi connectivity index (χ0) is 42.2. The number of hydrogen-bond donors (Lipinski definition) is 0. The van der Waals surface area contributed by atoms with Crippen LogP contribution in [0.5, 0.6) is 0 Å². The second-order valence-electron chi connectivity index (χ2n) is 16.8. The summed E-state index contributed by atoms with van der Waals surface area (Å²) in [5.41, 5.74) is 9.57. The minimum Gasteiger partial charge on any atom is -0.307 e. The number of hydrogen-bond acceptors (Lipinski definition) is 1. The molecule has 3 heterocycles. The lowest BCUT2D eigenvalue weighted by molar-refractivity contribution is 1.13. The molecule has 13 rings (SSSR count). The van der Waals surface area contributed by atoms with Crippen LogP contribution in [0.15, 0.2) is 243 Å². The first kappa shape index (κ1) is 36.9. The van der Waals surface area contributed by atoms with Crippen LogP contribution in [0, 0.1) is 0 Å². The van der Waals surface area contributed by atoms with Gasteiger partial charge in [0.25, 0.3) is 0 Å². The fraction of sp³-hybridized carbons (Fsp3) is 0. The SMILES string of the molecule is c1ccc([Si](c2ccccc2)(c2ccccc2)c2ccc(-n3c4ccccc4c4cccc(-n5c6ccccc6c6cccc(-c7cccc8c7sc7ccccc78)c65)c43)cc2)cc1. The number of thiophene rings is 1. The van der Waals surface area contributed by atoms with Gasteiger partial charge < -0.3 is 9.13 Å². The van der Waals surface area contributed by atoms with Crippen LogP contribution in [0.2, 0.25) is 0 Å². The molecule has 0 saturated carbocycles. The molecule has 2 nitrogen and oxygen atoms in total. The summed E-state index contributed by atoms with van der Waals surface area (Å²) in [5.74, 6) is 0. The molecular formula is C60H40N2SSi. The second kappa shape index (κ2) is 14.7. The molecule has 0 amide bonds. The Hall–Kier alpha value is -7.76. The summed E-state index contributed by atoms with van der Waals surface area (Å²) in [6.07, 6.45) is 0. The molecule has 0 fully saturated rings. The van der Waals surface area contributed by atoms with Gasteiger partial charge in [-0.05, 0) is 57.1 Å². The molecule has 10 aromatic carbocycles. The van der Waals surface area contributed by atoms with Crippen LogP contribution in [0.1, 0.15) is 0 Å². The minimum absolute atomic E-state index is 1.13. The van der Waals surface area contributed by atoms with Crippen LogP contribution in [0.25, 0.3) is 86.3 Å². The van der Waals surface area contributed by atoms with E-state index in [4.69, 9.17) is 0 Å². The third-order valence-electron chi connectivity index (χ3n) is 13.5. The van der Waals surface area contributed by atoms with Gasteiger partial charge in [-0.3, -0.25) is 0 Å². The largest absolute Gasteiger partial charge is 0.307 e. The molecule has 0 spiro atoms. The number of aromatic nitrogens is 2. The van der Waals surface area contributed by atoms with E-state index in [1.165, 1.54) is 95.7 Å². The maximum atomic E-state index is 2.55. The number of benzene rings is 10. The van der Waals surface area contributed by atoms with E-state index in [0.29, 0.717) is 0 Å². The molecule has 300 valence electrons. The monoisotopic (exact) mass is 848 g/mol. The summed E-state index contributed by atoms with van der Waals surface area (Å²) in [6, 6.07) is 90.4. The Morgan fingerprint density at radius 2 is 0.750 bits per heavy atom.